The molecule has 3 rings (SSSR count). The maximum atomic E-state index is 13.2. The molecule has 8 heteroatoms. The van der Waals surface area contributed by atoms with Crippen molar-refractivity contribution in [2.45, 2.75) is 10.9 Å². The minimum absolute atomic E-state index is 0.129. The van der Waals surface area contributed by atoms with E-state index in [0.29, 0.717) is 30.2 Å². The summed E-state index contributed by atoms with van der Waals surface area (Å²) >= 11 is 6.29. The van der Waals surface area contributed by atoms with Gasteiger partial charge in [0.1, 0.15) is 0 Å². The number of benzene rings is 2. The molecular weight excluding hydrogens is 376 g/mol. The highest BCUT2D eigenvalue weighted by Gasteiger charge is 2.35. The van der Waals surface area contributed by atoms with Crippen molar-refractivity contribution in [3.63, 3.8) is 0 Å². The smallest absolute Gasteiger partial charge is 0.337 e. The Balaban J connectivity index is 1.96. The van der Waals surface area contributed by atoms with Gasteiger partial charge in [0.05, 0.1) is 23.6 Å². The molecule has 0 spiro atoms. The Hall–Kier alpha value is -1.93. The topological polar surface area (TPSA) is 75.7 Å². The quantitative estimate of drug-likeness (QED) is 0.806. The van der Waals surface area contributed by atoms with Gasteiger partial charge in [-0.05, 0) is 35.9 Å². The van der Waals surface area contributed by atoms with E-state index in [2.05, 4.69) is 10.1 Å². The first-order valence-electron chi connectivity index (χ1n) is 8.10. The third-order valence-electron chi connectivity index (χ3n) is 4.34. The number of hydrogen-bond acceptors (Lipinski definition) is 5. The lowest BCUT2D eigenvalue weighted by Gasteiger charge is -2.35. The van der Waals surface area contributed by atoms with Crippen LogP contribution in [0.1, 0.15) is 22.0 Å². The van der Waals surface area contributed by atoms with Crippen LogP contribution in [0.2, 0.25) is 5.02 Å². The molecular formula is C18H19ClN2O4S. The Morgan fingerprint density at radius 1 is 1.19 bits per heavy atom. The first-order valence-corrected chi connectivity index (χ1v) is 9.92. The van der Waals surface area contributed by atoms with Gasteiger partial charge in [0.15, 0.2) is 0 Å². The Morgan fingerprint density at radius 3 is 2.54 bits per heavy atom. The molecule has 1 unspecified atom stereocenters. The van der Waals surface area contributed by atoms with Crippen molar-refractivity contribution in [2.24, 2.45) is 0 Å². The van der Waals surface area contributed by atoms with Crippen LogP contribution in [0.5, 0.6) is 0 Å². The predicted octanol–water partition coefficient (Wildman–Crippen LogP) is 2.46. The maximum absolute atomic E-state index is 13.2. The van der Waals surface area contributed by atoms with Gasteiger partial charge in [0.25, 0.3) is 0 Å². The van der Waals surface area contributed by atoms with Crippen LogP contribution in [-0.2, 0) is 14.8 Å². The van der Waals surface area contributed by atoms with Crippen LogP contribution in [0.15, 0.2) is 53.4 Å². The fourth-order valence-electron chi connectivity index (χ4n) is 3.00. The highest BCUT2D eigenvalue weighted by atomic mass is 35.5. The van der Waals surface area contributed by atoms with Crippen molar-refractivity contribution in [2.75, 3.05) is 26.7 Å². The molecule has 1 atom stereocenters. The molecule has 0 amide bonds. The molecule has 1 aliphatic heterocycles. The molecule has 2 aromatic carbocycles. The third-order valence-corrected chi connectivity index (χ3v) is 6.61. The summed E-state index contributed by atoms with van der Waals surface area (Å²) in [7, 11) is -2.46. The summed E-state index contributed by atoms with van der Waals surface area (Å²) in [5.74, 6) is -0.509. The van der Waals surface area contributed by atoms with E-state index in [1.54, 1.807) is 6.07 Å². The Morgan fingerprint density at radius 2 is 1.88 bits per heavy atom. The first-order chi connectivity index (χ1) is 12.4. The van der Waals surface area contributed by atoms with Crippen LogP contribution >= 0.6 is 11.6 Å². The van der Waals surface area contributed by atoms with Crippen molar-refractivity contribution in [3.05, 3.63) is 64.7 Å². The number of rotatable bonds is 4. The van der Waals surface area contributed by atoms with Gasteiger partial charge in [0, 0.05) is 24.7 Å². The molecule has 0 radical (unpaired) electrons. The van der Waals surface area contributed by atoms with Gasteiger partial charge in [-0.25, -0.2) is 13.2 Å². The summed E-state index contributed by atoms with van der Waals surface area (Å²) in [6.45, 7) is 1.36. The monoisotopic (exact) mass is 394 g/mol. The lowest BCUT2D eigenvalue weighted by molar-refractivity contribution is 0.0600. The SMILES string of the molecule is COC(=O)c1ccc(S(=O)(=O)N2CCNCC2c2ccccc2Cl)cc1. The fraction of sp³-hybridized carbons (Fsp3) is 0.278. The number of sulfonamides is 1. The van der Waals surface area contributed by atoms with Crippen LogP contribution in [0.4, 0.5) is 0 Å². The Bertz CT molecular complexity index is 900. The molecule has 0 aliphatic carbocycles. The summed E-state index contributed by atoms with van der Waals surface area (Å²) in [6.07, 6.45) is 0. The molecule has 1 saturated heterocycles. The number of halogens is 1. The minimum atomic E-state index is -3.74. The van der Waals surface area contributed by atoms with E-state index in [1.165, 1.54) is 35.7 Å². The van der Waals surface area contributed by atoms with E-state index in [-0.39, 0.29) is 4.90 Å². The number of nitrogens with zero attached hydrogens (tertiary/aromatic N) is 1. The average molecular weight is 395 g/mol. The molecule has 1 fully saturated rings. The van der Waals surface area contributed by atoms with Crippen molar-refractivity contribution in [1.29, 1.82) is 0 Å². The lowest BCUT2D eigenvalue weighted by Crippen LogP contribution is -2.48. The fourth-order valence-corrected chi connectivity index (χ4v) is 4.87. The first kappa shape index (κ1) is 18.8. The van der Waals surface area contributed by atoms with E-state index in [1.807, 2.05) is 18.2 Å². The number of carbonyl (C=O) groups is 1. The number of nitrogens with one attached hydrogen (secondary N) is 1. The third kappa shape index (κ3) is 3.61. The van der Waals surface area contributed by atoms with Gasteiger partial charge in [-0.15, -0.1) is 0 Å². The Labute approximate surface area is 157 Å². The second-order valence-corrected chi connectivity index (χ2v) is 8.17. The van der Waals surface area contributed by atoms with E-state index in [0.717, 1.165) is 5.56 Å². The van der Waals surface area contributed by atoms with Crippen LogP contribution in [0.25, 0.3) is 0 Å². The molecule has 0 bridgehead atoms. The maximum Gasteiger partial charge on any atom is 0.337 e. The zero-order valence-electron chi connectivity index (χ0n) is 14.2. The van der Waals surface area contributed by atoms with Crippen LogP contribution < -0.4 is 5.32 Å². The van der Waals surface area contributed by atoms with Gasteiger partial charge in [-0.2, -0.15) is 4.31 Å². The number of esters is 1. The molecule has 6 nitrogen and oxygen atoms in total. The van der Waals surface area contributed by atoms with Crippen LogP contribution in [0.3, 0.4) is 0 Å². The number of carbonyl (C=O) groups excluding carboxylic acids is 1. The van der Waals surface area contributed by atoms with E-state index < -0.39 is 22.0 Å². The zero-order valence-corrected chi connectivity index (χ0v) is 15.8. The van der Waals surface area contributed by atoms with E-state index in [9.17, 15) is 13.2 Å². The van der Waals surface area contributed by atoms with Crippen LogP contribution in [0, 0.1) is 0 Å². The van der Waals surface area contributed by atoms with E-state index in [4.69, 9.17) is 11.6 Å². The second kappa shape index (κ2) is 7.75. The van der Waals surface area contributed by atoms with Crippen molar-refractivity contribution >= 4 is 27.6 Å². The highest BCUT2D eigenvalue weighted by molar-refractivity contribution is 7.89. The second-order valence-electron chi connectivity index (χ2n) is 5.87. The van der Waals surface area contributed by atoms with Crippen molar-refractivity contribution in [1.82, 2.24) is 9.62 Å². The van der Waals surface area contributed by atoms with Gasteiger partial charge >= 0.3 is 5.97 Å². The largest absolute Gasteiger partial charge is 0.465 e. The normalized spacial score (nSPS) is 18.5. The standard InChI is InChI=1S/C18H19ClN2O4S/c1-25-18(22)13-6-8-14(9-7-13)26(23,24)21-11-10-20-12-17(21)15-4-2-3-5-16(15)19/h2-9,17,20H,10-12H2,1H3. The summed E-state index contributed by atoms with van der Waals surface area (Å²) in [4.78, 5) is 11.7. The van der Waals surface area contributed by atoms with Crippen molar-refractivity contribution < 1.29 is 17.9 Å². The molecule has 0 aromatic heterocycles. The lowest BCUT2D eigenvalue weighted by atomic mass is 10.1. The summed E-state index contributed by atoms with van der Waals surface area (Å²) < 4.78 is 32.4. The summed E-state index contributed by atoms with van der Waals surface area (Å²) in [5.41, 5.74) is 1.06. The molecule has 1 N–H and O–H groups in total. The molecule has 1 heterocycles. The molecule has 2 aromatic rings. The number of methoxy groups -OCH3 is 1. The molecule has 26 heavy (non-hydrogen) atoms. The van der Waals surface area contributed by atoms with Crippen molar-refractivity contribution in [3.8, 4) is 0 Å². The zero-order chi connectivity index (χ0) is 18.7. The minimum Gasteiger partial charge on any atom is -0.465 e. The number of piperazine rings is 1. The van der Waals surface area contributed by atoms with Gasteiger partial charge in [-0.3, -0.25) is 0 Å². The van der Waals surface area contributed by atoms with Gasteiger partial charge in [0.2, 0.25) is 10.0 Å². The molecule has 0 saturated carbocycles. The Kier molecular flexibility index (Phi) is 5.62. The van der Waals surface area contributed by atoms with Gasteiger partial charge < -0.3 is 10.1 Å². The number of hydrogen-bond donors (Lipinski definition) is 1. The highest BCUT2D eigenvalue weighted by Crippen LogP contribution is 2.32. The van der Waals surface area contributed by atoms with Crippen LogP contribution in [-0.4, -0.2) is 45.4 Å². The number of ether oxygens (including phenoxy) is 1. The predicted molar refractivity (Wildman–Crippen MR) is 98.7 cm³/mol. The average Bonchev–Trinajstić information content (AvgIpc) is 2.68. The molecule has 138 valence electrons. The van der Waals surface area contributed by atoms with E-state index >= 15 is 0 Å². The summed E-state index contributed by atoms with van der Waals surface area (Å²) in [6, 6.07) is 12.6. The summed E-state index contributed by atoms with van der Waals surface area (Å²) in [5, 5.41) is 3.75. The molecule has 1 aliphatic rings. The van der Waals surface area contributed by atoms with Gasteiger partial charge in [-0.1, -0.05) is 29.8 Å².